The van der Waals surface area contributed by atoms with Crippen molar-refractivity contribution < 1.29 is 19.1 Å². The smallest absolute Gasteiger partial charge is 0.262 e. The van der Waals surface area contributed by atoms with Crippen molar-refractivity contribution in [3.63, 3.8) is 0 Å². The lowest BCUT2D eigenvalue weighted by Gasteiger charge is -2.30. The standard InChI is InChI=1S/C23H25ClN4O4S/c1-12-25-8-14(9-26-12)17-6-7-18(33-17)22(30)27-19(13-4-2-3-5-13)23(31)28-10-15(24)21-20(28)16(29)11-32-21/h6-9,13,15,19-21H,2-5,10-11H2,1H3,(H,27,30). The molecule has 2 aromatic heterocycles. The van der Waals surface area contributed by atoms with Gasteiger partial charge in [-0.25, -0.2) is 9.97 Å². The van der Waals surface area contributed by atoms with Gasteiger partial charge in [-0.05, 0) is 37.8 Å². The number of amides is 2. The summed E-state index contributed by atoms with van der Waals surface area (Å²) in [6, 6.07) is 2.26. The zero-order valence-corrected chi connectivity index (χ0v) is 19.8. The fourth-order valence-corrected chi connectivity index (χ4v) is 6.26. The Balaban J connectivity index is 1.35. The summed E-state index contributed by atoms with van der Waals surface area (Å²) in [6.45, 7) is 2.04. The summed E-state index contributed by atoms with van der Waals surface area (Å²) in [4.78, 5) is 50.5. The van der Waals surface area contributed by atoms with E-state index in [-0.39, 0.29) is 36.7 Å². The molecule has 10 heteroatoms. The number of aryl methyl sites for hydroxylation is 1. The van der Waals surface area contributed by atoms with Gasteiger partial charge in [0, 0.05) is 29.4 Å². The Bertz CT molecular complexity index is 1070. The molecular weight excluding hydrogens is 464 g/mol. The van der Waals surface area contributed by atoms with Gasteiger partial charge in [0.15, 0.2) is 5.78 Å². The van der Waals surface area contributed by atoms with Gasteiger partial charge in [-0.15, -0.1) is 22.9 Å². The minimum Gasteiger partial charge on any atom is -0.366 e. The van der Waals surface area contributed by atoms with Gasteiger partial charge in [-0.3, -0.25) is 14.4 Å². The molecule has 5 rings (SSSR count). The van der Waals surface area contributed by atoms with Crippen molar-refractivity contribution in [2.24, 2.45) is 5.92 Å². The Labute approximate surface area is 200 Å². The van der Waals surface area contributed by atoms with Crippen molar-refractivity contribution in [2.45, 2.75) is 56.2 Å². The van der Waals surface area contributed by atoms with Gasteiger partial charge < -0.3 is 15.0 Å². The minimum atomic E-state index is -0.690. The number of carbonyl (C=O) groups is 3. The molecule has 33 heavy (non-hydrogen) atoms. The zero-order valence-electron chi connectivity index (χ0n) is 18.2. The van der Waals surface area contributed by atoms with Crippen LogP contribution in [0.4, 0.5) is 0 Å². The minimum absolute atomic E-state index is 0.0243. The van der Waals surface area contributed by atoms with E-state index in [1.807, 2.05) is 13.0 Å². The van der Waals surface area contributed by atoms with Gasteiger partial charge in [0.05, 0.1) is 10.3 Å². The predicted octanol–water partition coefficient (Wildman–Crippen LogP) is 2.59. The average Bonchev–Trinajstić information content (AvgIpc) is 3.59. The number of hydrogen-bond donors (Lipinski definition) is 1. The van der Waals surface area contributed by atoms with Gasteiger partial charge >= 0.3 is 0 Å². The number of fused-ring (bicyclic) bond motifs is 1. The summed E-state index contributed by atoms with van der Waals surface area (Å²) in [5.74, 6) is 0.0566. The van der Waals surface area contributed by atoms with Crippen molar-refractivity contribution in [1.29, 1.82) is 0 Å². The van der Waals surface area contributed by atoms with Crippen molar-refractivity contribution in [3.8, 4) is 10.4 Å². The normalized spacial score (nSPS) is 25.9. The van der Waals surface area contributed by atoms with Crippen LogP contribution in [0.3, 0.4) is 0 Å². The molecule has 4 atom stereocenters. The largest absolute Gasteiger partial charge is 0.366 e. The van der Waals surface area contributed by atoms with E-state index in [1.54, 1.807) is 18.5 Å². The second kappa shape index (κ2) is 9.12. The second-order valence-corrected chi connectivity index (χ2v) is 10.5. The number of Topliss-reactive ketones (excluding diaryl/α,β-unsaturated/α-hetero) is 1. The van der Waals surface area contributed by atoms with Crippen LogP contribution in [-0.2, 0) is 14.3 Å². The van der Waals surface area contributed by atoms with Gasteiger partial charge in [0.25, 0.3) is 5.91 Å². The zero-order chi connectivity index (χ0) is 23.1. The molecule has 0 bridgehead atoms. The average molecular weight is 489 g/mol. The molecule has 1 N–H and O–H groups in total. The third-order valence-electron chi connectivity index (χ3n) is 6.72. The molecule has 2 aromatic rings. The highest BCUT2D eigenvalue weighted by Crippen LogP contribution is 2.35. The molecule has 4 heterocycles. The Hall–Kier alpha value is -2.36. The first-order chi connectivity index (χ1) is 15.9. The summed E-state index contributed by atoms with van der Waals surface area (Å²) in [6.07, 6.45) is 6.76. The van der Waals surface area contributed by atoms with Crippen LogP contribution in [0.5, 0.6) is 0 Å². The number of halogens is 1. The number of alkyl halides is 1. The fourth-order valence-electron chi connectivity index (χ4n) is 5.02. The summed E-state index contributed by atoms with van der Waals surface area (Å²) >= 11 is 7.72. The molecule has 0 spiro atoms. The molecule has 8 nitrogen and oxygen atoms in total. The lowest BCUT2D eigenvalue weighted by molar-refractivity contribution is -0.139. The molecule has 0 aromatic carbocycles. The Morgan fingerprint density at radius 3 is 2.70 bits per heavy atom. The molecule has 1 aliphatic carbocycles. The molecule has 3 aliphatic rings. The molecule has 2 saturated heterocycles. The van der Waals surface area contributed by atoms with Gasteiger partial charge in [0.2, 0.25) is 5.91 Å². The Morgan fingerprint density at radius 2 is 1.97 bits per heavy atom. The fraction of sp³-hybridized carbons (Fsp3) is 0.522. The monoisotopic (exact) mass is 488 g/mol. The number of rotatable bonds is 5. The van der Waals surface area contributed by atoms with E-state index in [2.05, 4.69) is 15.3 Å². The van der Waals surface area contributed by atoms with Crippen LogP contribution >= 0.6 is 22.9 Å². The van der Waals surface area contributed by atoms with Gasteiger partial charge in [-0.1, -0.05) is 12.8 Å². The van der Waals surface area contributed by atoms with E-state index in [0.717, 1.165) is 36.1 Å². The maximum absolute atomic E-state index is 13.6. The molecular formula is C23H25ClN4O4S. The lowest BCUT2D eigenvalue weighted by atomic mass is 9.96. The van der Waals surface area contributed by atoms with E-state index < -0.39 is 23.6 Å². The van der Waals surface area contributed by atoms with E-state index in [4.69, 9.17) is 16.3 Å². The molecule has 2 aliphatic heterocycles. The Morgan fingerprint density at radius 1 is 1.24 bits per heavy atom. The number of thiophene rings is 1. The summed E-state index contributed by atoms with van der Waals surface area (Å²) in [5, 5.41) is 2.56. The van der Waals surface area contributed by atoms with Crippen molar-refractivity contribution in [1.82, 2.24) is 20.2 Å². The summed E-state index contributed by atoms with van der Waals surface area (Å²) in [5.41, 5.74) is 0.837. The SMILES string of the molecule is Cc1ncc(-c2ccc(C(=O)NC(C(=O)N3CC(Cl)C4OCC(=O)C43)C3CCCC3)s2)cn1. The lowest BCUT2D eigenvalue weighted by Crippen LogP contribution is -2.54. The number of nitrogens with one attached hydrogen (secondary N) is 1. The molecule has 0 radical (unpaired) electrons. The van der Waals surface area contributed by atoms with Crippen LogP contribution in [0, 0.1) is 12.8 Å². The van der Waals surface area contributed by atoms with Crippen molar-refractivity contribution in [3.05, 3.63) is 35.2 Å². The van der Waals surface area contributed by atoms with Crippen molar-refractivity contribution >= 4 is 40.5 Å². The molecule has 1 saturated carbocycles. The maximum atomic E-state index is 13.6. The first-order valence-corrected chi connectivity index (χ1v) is 12.5. The van der Waals surface area contributed by atoms with Crippen LogP contribution in [-0.4, -0.2) is 69.2 Å². The number of ketones is 1. The highest BCUT2D eigenvalue weighted by atomic mass is 35.5. The van der Waals surface area contributed by atoms with Crippen molar-refractivity contribution in [2.75, 3.05) is 13.2 Å². The first-order valence-electron chi connectivity index (χ1n) is 11.2. The second-order valence-electron chi connectivity index (χ2n) is 8.87. The van der Waals surface area contributed by atoms with Crippen LogP contribution in [0.2, 0.25) is 0 Å². The number of ether oxygens (including phenoxy) is 1. The van der Waals surface area contributed by atoms with E-state index in [1.165, 1.54) is 16.2 Å². The van der Waals surface area contributed by atoms with Gasteiger partial charge in [0.1, 0.15) is 30.6 Å². The number of aromatic nitrogens is 2. The maximum Gasteiger partial charge on any atom is 0.262 e. The summed E-state index contributed by atoms with van der Waals surface area (Å²) in [7, 11) is 0. The molecule has 174 valence electrons. The number of hydrogen-bond acceptors (Lipinski definition) is 7. The van der Waals surface area contributed by atoms with Crippen LogP contribution in [0.25, 0.3) is 10.4 Å². The van der Waals surface area contributed by atoms with E-state index >= 15 is 0 Å². The van der Waals surface area contributed by atoms with Crippen LogP contribution < -0.4 is 5.32 Å². The number of likely N-dealkylation sites (tertiary alicyclic amines) is 1. The van der Waals surface area contributed by atoms with E-state index in [0.29, 0.717) is 10.7 Å². The van der Waals surface area contributed by atoms with Crippen LogP contribution in [0.15, 0.2) is 24.5 Å². The number of carbonyl (C=O) groups excluding carboxylic acids is 3. The van der Waals surface area contributed by atoms with Gasteiger partial charge in [-0.2, -0.15) is 0 Å². The molecule has 3 fully saturated rings. The first kappa shape index (κ1) is 22.4. The summed E-state index contributed by atoms with van der Waals surface area (Å²) < 4.78 is 5.52. The topological polar surface area (TPSA) is 101 Å². The quantitative estimate of drug-likeness (QED) is 0.649. The number of nitrogens with zero attached hydrogens (tertiary/aromatic N) is 3. The van der Waals surface area contributed by atoms with E-state index in [9.17, 15) is 14.4 Å². The highest BCUT2D eigenvalue weighted by Gasteiger charge is 2.53. The molecule has 4 unspecified atom stereocenters. The predicted molar refractivity (Wildman–Crippen MR) is 123 cm³/mol. The Kier molecular flexibility index (Phi) is 6.20. The highest BCUT2D eigenvalue weighted by molar-refractivity contribution is 7.17. The third-order valence-corrected chi connectivity index (χ3v) is 8.24. The molecule has 2 amide bonds. The third kappa shape index (κ3) is 4.29. The van der Waals surface area contributed by atoms with Crippen LogP contribution in [0.1, 0.15) is 41.2 Å².